The van der Waals surface area contributed by atoms with Crippen LogP contribution >= 0.6 is 0 Å². The van der Waals surface area contributed by atoms with Crippen LogP contribution in [0.25, 0.3) is 28.1 Å². The summed E-state index contributed by atoms with van der Waals surface area (Å²) in [5.74, 6) is -0.448. The molecule has 0 unspecified atom stereocenters. The van der Waals surface area contributed by atoms with Crippen molar-refractivity contribution in [1.29, 1.82) is 0 Å². The van der Waals surface area contributed by atoms with E-state index in [2.05, 4.69) is 15.1 Å². The minimum absolute atomic E-state index is 0.0680. The van der Waals surface area contributed by atoms with Crippen LogP contribution in [0.1, 0.15) is 25.4 Å². The molecule has 0 radical (unpaired) electrons. The predicted octanol–water partition coefficient (Wildman–Crippen LogP) is 1.85. The monoisotopic (exact) mass is 343 g/mol. The van der Waals surface area contributed by atoms with Gasteiger partial charge in [0.25, 0.3) is 11.4 Å². The highest BCUT2D eigenvalue weighted by molar-refractivity contribution is 5.82. The van der Waals surface area contributed by atoms with Crippen LogP contribution < -0.4 is 4.73 Å². The van der Waals surface area contributed by atoms with Gasteiger partial charge in [0.1, 0.15) is 23.0 Å². The number of aliphatic hydroxyl groups is 1. The van der Waals surface area contributed by atoms with Crippen molar-refractivity contribution in [2.75, 3.05) is 0 Å². The summed E-state index contributed by atoms with van der Waals surface area (Å²) < 4.78 is 21.4. The van der Waals surface area contributed by atoms with E-state index in [0.717, 1.165) is 0 Å². The summed E-state index contributed by atoms with van der Waals surface area (Å²) in [5.41, 5.74) is -0.0141. The molecule has 0 atom stereocenters. The summed E-state index contributed by atoms with van der Waals surface area (Å²) in [4.78, 5) is 8.41. The van der Waals surface area contributed by atoms with Crippen LogP contribution in [-0.2, 0) is 5.60 Å². The number of rotatable bonds is 2. The highest BCUT2D eigenvalue weighted by atomic mass is 19.1. The second-order valence-electron chi connectivity index (χ2n) is 6.28. The number of fused-ring (bicyclic) bond motifs is 3. The van der Waals surface area contributed by atoms with Crippen molar-refractivity contribution in [1.82, 2.24) is 19.5 Å². The van der Waals surface area contributed by atoms with Gasteiger partial charge in [-0.1, -0.05) is 11.2 Å². The van der Waals surface area contributed by atoms with Gasteiger partial charge in [0.05, 0.1) is 0 Å². The fraction of sp³-hybridized carbons (Fsp3) is 0.250. The van der Waals surface area contributed by atoms with Crippen LogP contribution in [0.3, 0.4) is 0 Å². The molecule has 25 heavy (non-hydrogen) atoms. The molecule has 3 aromatic heterocycles. The average Bonchev–Trinajstić information content (AvgIpc) is 3.18. The molecule has 4 aromatic rings. The smallest absolute Gasteiger partial charge is 0.279 e. The molecule has 0 aliphatic carbocycles. The molecule has 1 N–H and O–H groups in total. The standard InChI is InChI=1S/C16H14FN5O3/c1-8-12-11(14-19-15(20-25-14)16(2,3)23)18-7-21(12)10-6-4-5-9(17)13(10)22(8)24/h4-7,23H,1-3H3. The Morgan fingerprint density at radius 2 is 2.12 bits per heavy atom. The molecule has 8 nitrogen and oxygen atoms in total. The topological polar surface area (TPSA) is 103 Å². The van der Waals surface area contributed by atoms with Crippen LogP contribution in [0.2, 0.25) is 0 Å². The van der Waals surface area contributed by atoms with E-state index in [4.69, 9.17) is 4.52 Å². The Morgan fingerprint density at radius 3 is 2.80 bits per heavy atom. The maximum atomic E-state index is 14.1. The van der Waals surface area contributed by atoms with Gasteiger partial charge in [-0.25, -0.2) is 4.98 Å². The molecule has 3 heterocycles. The molecular formula is C16H14FN5O3. The van der Waals surface area contributed by atoms with Gasteiger partial charge in [0.15, 0.2) is 11.5 Å². The lowest BCUT2D eigenvalue weighted by Crippen LogP contribution is -2.33. The van der Waals surface area contributed by atoms with Crippen molar-refractivity contribution >= 4 is 16.6 Å². The first-order valence-electron chi connectivity index (χ1n) is 7.53. The van der Waals surface area contributed by atoms with E-state index in [0.29, 0.717) is 15.8 Å². The predicted molar refractivity (Wildman–Crippen MR) is 84.9 cm³/mol. The third-order valence-electron chi connectivity index (χ3n) is 4.02. The van der Waals surface area contributed by atoms with Gasteiger partial charge >= 0.3 is 0 Å². The molecule has 0 spiro atoms. The summed E-state index contributed by atoms with van der Waals surface area (Å²) >= 11 is 0. The Hall–Kier alpha value is -3.07. The minimum Gasteiger partial charge on any atom is -0.618 e. The van der Waals surface area contributed by atoms with E-state index in [1.54, 1.807) is 17.4 Å². The third-order valence-corrected chi connectivity index (χ3v) is 4.02. The van der Waals surface area contributed by atoms with Gasteiger partial charge in [-0.05, 0) is 26.0 Å². The van der Waals surface area contributed by atoms with E-state index in [1.807, 2.05) is 0 Å². The first-order valence-corrected chi connectivity index (χ1v) is 7.53. The SMILES string of the molecule is Cc1c2c(-c3nc(C(C)(C)O)no3)ncn2c2cccc(F)c2[n+]1[O-]. The Labute approximate surface area is 140 Å². The number of hydrogen-bond donors (Lipinski definition) is 1. The minimum atomic E-state index is -1.28. The van der Waals surface area contributed by atoms with E-state index in [-0.39, 0.29) is 28.6 Å². The number of imidazole rings is 1. The molecule has 0 amide bonds. The van der Waals surface area contributed by atoms with Crippen LogP contribution in [-0.4, -0.2) is 24.6 Å². The largest absolute Gasteiger partial charge is 0.618 e. The van der Waals surface area contributed by atoms with Crippen LogP contribution in [0.4, 0.5) is 4.39 Å². The molecule has 1 aromatic carbocycles. The molecule has 128 valence electrons. The lowest BCUT2D eigenvalue weighted by atomic mass is 10.1. The molecule has 0 aliphatic rings. The number of halogens is 1. The number of hydrogen-bond acceptors (Lipinski definition) is 6. The summed E-state index contributed by atoms with van der Waals surface area (Å²) in [5, 5.41) is 26.3. The summed E-state index contributed by atoms with van der Waals surface area (Å²) in [6.07, 6.45) is 1.47. The van der Waals surface area contributed by atoms with Crippen LogP contribution in [0, 0.1) is 17.9 Å². The van der Waals surface area contributed by atoms with E-state index >= 15 is 0 Å². The Kier molecular flexibility index (Phi) is 3.07. The highest BCUT2D eigenvalue weighted by Crippen LogP contribution is 2.28. The Balaban J connectivity index is 2.05. The van der Waals surface area contributed by atoms with Gasteiger partial charge in [-0.15, -0.1) is 0 Å². The number of para-hydroxylation sites is 1. The normalized spacial score (nSPS) is 12.4. The third kappa shape index (κ3) is 2.16. The first kappa shape index (κ1) is 15.5. The number of nitrogens with zero attached hydrogens (tertiary/aromatic N) is 5. The van der Waals surface area contributed by atoms with Crippen LogP contribution in [0.15, 0.2) is 29.0 Å². The molecule has 9 heteroatoms. The van der Waals surface area contributed by atoms with E-state index in [1.165, 1.54) is 32.3 Å². The van der Waals surface area contributed by atoms with Crippen molar-refractivity contribution in [2.24, 2.45) is 0 Å². The summed E-state index contributed by atoms with van der Waals surface area (Å²) in [6, 6.07) is 4.37. The van der Waals surface area contributed by atoms with Crippen molar-refractivity contribution < 1.29 is 18.8 Å². The zero-order valence-corrected chi connectivity index (χ0v) is 13.7. The Bertz CT molecular complexity index is 1130. The summed E-state index contributed by atoms with van der Waals surface area (Å²) in [6.45, 7) is 4.62. The average molecular weight is 343 g/mol. The lowest BCUT2D eigenvalue weighted by molar-refractivity contribution is -0.584. The fourth-order valence-electron chi connectivity index (χ4n) is 2.76. The van der Waals surface area contributed by atoms with Gasteiger partial charge in [-0.2, -0.15) is 14.1 Å². The van der Waals surface area contributed by atoms with Gasteiger partial charge in [0.2, 0.25) is 11.5 Å². The molecule has 0 saturated heterocycles. The van der Waals surface area contributed by atoms with Crippen molar-refractivity contribution in [3.05, 3.63) is 47.1 Å². The van der Waals surface area contributed by atoms with Gasteiger partial charge < -0.3 is 14.8 Å². The van der Waals surface area contributed by atoms with Crippen molar-refractivity contribution in [2.45, 2.75) is 26.4 Å². The van der Waals surface area contributed by atoms with Gasteiger partial charge in [-0.3, -0.25) is 4.40 Å². The van der Waals surface area contributed by atoms with Crippen molar-refractivity contribution in [3.8, 4) is 11.6 Å². The van der Waals surface area contributed by atoms with Crippen molar-refractivity contribution in [3.63, 3.8) is 0 Å². The maximum absolute atomic E-state index is 14.1. The first-order chi connectivity index (χ1) is 11.8. The zero-order chi connectivity index (χ0) is 17.9. The van der Waals surface area contributed by atoms with Gasteiger partial charge in [0, 0.05) is 6.92 Å². The second-order valence-corrected chi connectivity index (χ2v) is 6.28. The number of benzene rings is 1. The number of aryl methyl sites for hydroxylation is 1. The highest BCUT2D eigenvalue weighted by Gasteiger charge is 2.28. The summed E-state index contributed by atoms with van der Waals surface area (Å²) in [7, 11) is 0. The second kappa shape index (κ2) is 4.96. The zero-order valence-electron chi connectivity index (χ0n) is 13.7. The fourth-order valence-corrected chi connectivity index (χ4v) is 2.76. The molecule has 0 saturated carbocycles. The molecule has 0 aliphatic heterocycles. The maximum Gasteiger partial charge on any atom is 0.279 e. The molecule has 4 rings (SSSR count). The van der Waals surface area contributed by atoms with Crippen LogP contribution in [0.5, 0.6) is 0 Å². The molecular weight excluding hydrogens is 329 g/mol. The Morgan fingerprint density at radius 1 is 1.36 bits per heavy atom. The molecule has 0 fully saturated rings. The molecule has 0 bridgehead atoms. The quantitative estimate of drug-likeness (QED) is 0.440. The number of aromatic nitrogens is 5. The lowest BCUT2D eigenvalue weighted by Gasteiger charge is -2.10. The van der Waals surface area contributed by atoms with E-state index in [9.17, 15) is 14.7 Å². The van der Waals surface area contributed by atoms with E-state index < -0.39 is 11.4 Å².